The van der Waals surface area contributed by atoms with E-state index in [-0.39, 0.29) is 5.91 Å². The Balaban J connectivity index is 1.52. The summed E-state index contributed by atoms with van der Waals surface area (Å²) in [6, 6.07) is 15.3. The molecule has 0 N–H and O–H groups in total. The quantitative estimate of drug-likeness (QED) is 0.606. The zero-order chi connectivity index (χ0) is 22.8. The third-order valence-corrected chi connectivity index (χ3v) is 6.44. The first-order chi connectivity index (χ1) is 15.4. The summed E-state index contributed by atoms with van der Waals surface area (Å²) in [6.45, 7) is 7.40. The van der Waals surface area contributed by atoms with Gasteiger partial charge in [0.05, 0.1) is 22.0 Å². The molecule has 4 rings (SSSR count). The molecule has 3 aromatic rings. The Morgan fingerprint density at radius 1 is 1.09 bits per heavy atom. The lowest BCUT2D eigenvalue weighted by atomic mass is 10.0. The Kier molecular flexibility index (Phi) is 6.31. The van der Waals surface area contributed by atoms with Gasteiger partial charge in [-0.3, -0.25) is 4.79 Å². The average Bonchev–Trinajstić information content (AvgIpc) is 3.08. The van der Waals surface area contributed by atoms with Crippen LogP contribution in [0.15, 0.2) is 42.5 Å². The fourth-order valence-corrected chi connectivity index (χ4v) is 4.29. The summed E-state index contributed by atoms with van der Waals surface area (Å²) in [5.74, 6) is 0.0996. The van der Waals surface area contributed by atoms with Crippen LogP contribution in [0.4, 0.5) is 0 Å². The van der Waals surface area contributed by atoms with Gasteiger partial charge in [0, 0.05) is 49.4 Å². The van der Waals surface area contributed by atoms with Crippen molar-refractivity contribution in [3.05, 3.63) is 81.1 Å². The number of carbonyl (C=O) groups excluding carboxylic acids is 1. The monoisotopic (exact) mass is 447 g/mol. The van der Waals surface area contributed by atoms with E-state index < -0.39 is 0 Å². The molecule has 0 aliphatic carbocycles. The van der Waals surface area contributed by atoms with Crippen molar-refractivity contribution in [1.82, 2.24) is 19.6 Å². The van der Waals surface area contributed by atoms with Crippen molar-refractivity contribution < 1.29 is 4.79 Å². The molecule has 1 aliphatic rings. The van der Waals surface area contributed by atoms with Gasteiger partial charge >= 0.3 is 0 Å². The Labute approximate surface area is 193 Å². The summed E-state index contributed by atoms with van der Waals surface area (Å²) < 4.78 is 1.86. The molecule has 32 heavy (non-hydrogen) atoms. The molecular formula is C25H26ClN5O. The van der Waals surface area contributed by atoms with E-state index >= 15 is 0 Å². The Morgan fingerprint density at radius 2 is 1.78 bits per heavy atom. The van der Waals surface area contributed by atoms with E-state index in [4.69, 9.17) is 22.0 Å². The van der Waals surface area contributed by atoms with Crippen LogP contribution in [0.25, 0.3) is 5.69 Å². The number of likely N-dealkylation sites (N-methyl/N-ethyl adjacent to an activating group) is 1. The highest BCUT2D eigenvalue weighted by Crippen LogP contribution is 2.24. The minimum atomic E-state index is 0.0996. The van der Waals surface area contributed by atoms with Crippen molar-refractivity contribution in [1.29, 1.82) is 5.26 Å². The number of hydrogen-bond donors (Lipinski definition) is 0. The van der Waals surface area contributed by atoms with Crippen LogP contribution in [0, 0.1) is 25.2 Å². The molecule has 1 aliphatic heterocycles. The fraction of sp³-hybridized carbons (Fsp3) is 0.320. The van der Waals surface area contributed by atoms with Gasteiger partial charge in [-0.05, 0) is 56.8 Å². The summed E-state index contributed by atoms with van der Waals surface area (Å²) >= 11 is 6.21. The smallest absolute Gasteiger partial charge is 0.253 e. The zero-order valence-electron chi connectivity index (χ0n) is 18.6. The first-order valence-electron chi connectivity index (χ1n) is 10.7. The first kappa shape index (κ1) is 22.1. The SMILES string of the molecule is Cc1nn(-c2ccc(C#N)c(Cl)c2)c(C)c1Cc1ccc(C(=O)N2CCN(C)CC2)cc1. The van der Waals surface area contributed by atoms with E-state index in [2.05, 4.69) is 18.0 Å². The van der Waals surface area contributed by atoms with Crippen LogP contribution in [0.1, 0.15) is 38.4 Å². The fourth-order valence-electron chi connectivity index (χ4n) is 4.07. The van der Waals surface area contributed by atoms with Gasteiger partial charge in [0.15, 0.2) is 0 Å². The maximum Gasteiger partial charge on any atom is 0.253 e. The number of carbonyl (C=O) groups is 1. The van der Waals surface area contributed by atoms with Crippen LogP contribution in [0.3, 0.4) is 0 Å². The van der Waals surface area contributed by atoms with Crippen molar-refractivity contribution in [3.8, 4) is 11.8 Å². The van der Waals surface area contributed by atoms with E-state index in [9.17, 15) is 4.79 Å². The number of rotatable bonds is 4. The minimum Gasteiger partial charge on any atom is -0.336 e. The largest absolute Gasteiger partial charge is 0.336 e. The normalized spacial score (nSPS) is 14.4. The summed E-state index contributed by atoms with van der Waals surface area (Å²) in [6.07, 6.45) is 0.727. The number of benzene rings is 2. The van der Waals surface area contributed by atoms with Crippen LogP contribution in [-0.4, -0.2) is 58.7 Å². The van der Waals surface area contributed by atoms with Gasteiger partial charge in [0.2, 0.25) is 0 Å². The molecule has 7 heteroatoms. The highest BCUT2D eigenvalue weighted by atomic mass is 35.5. The number of nitrogens with zero attached hydrogens (tertiary/aromatic N) is 5. The molecule has 2 aromatic carbocycles. The number of nitriles is 1. The van der Waals surface area contributed by atoms with Crippen molar-refractivity contribution >= 4 is 17.5 Å². The van der Waals surface area contributed by atoms with Crippen molar-refractivity contribution in [2.75, 3.05) is 33.2 Å². The molecule has 1 aromatic heterocycles. The molecule has 6 nitrogen and oxygen atoms in total. The second kappa shape index (κ2) is 9.15. The molecular weight excluding hydrogens is 422 g/mol. The molecule has 1 saturated heterocycles. The van der Waals surface area contributed by atoms with Crippen molar-refractivity contribution in [3.63, 3.8) is 0 Å². The standard InChI is InChI=1S/C25H26ClN5O/c1-17-23(18(2)31(28-17)22-9-8-21(16-27)24(26)15-22)14-19-4-6-20(7-5-19)25(32)30-12-10-29(3)11-13-30/h4-9,15H,10-14H2,1-3H3. The van der Waals surface area contributed by atoms with Gasteiger partial charge in [-0.25, -0.2) is 4.68 Å². The summed E-state index contributed by atoms with van der Waals surface area (Å²) in [7, 11) is 2.08. The molecule has 0 saturated carbocycles. The molecule has 0 spiro atoms. The third-order valence-electron chi connectivity index (χ3n) is 6.13. The Morgan fingerprint density at radius 3 is 2.41 bits per heavy atom. The number of piperazine rings is 1. The van der Waals surface area contributed by atoms with Gasteiger partial charge in [-0.15, -0.1) is 0 Å². The van der Waals surface area contributed by atoms with Crippen LogP contribution in [0.5, 0.6) is 0 Å². The number of amides is 1. The molecule has 0 radical (unpaired) electrons. The van der Waals surface area contributed by atoms with Crippen LogP contribution in [-0.2, 0) is 6.42 Å². The van der Waals surface area contributed by atoms with E-state index in [1.807, 2.05) is 53.8 Å². The second-order valence-electron chi connectivity index (χ2n) is 8.31. The summed E-state index contributed by atoms with van der Waals surface area (Å²) in [4.78, 5) is 16.9. The third kappa shape index (κ3) is 4.40. The van der Waals surface area contributed by atoms with Gasteiger partial charge < -0.3 is 9.80 Å². The highest BCUT2D eigenvalue weighted by Gasteiger charge is 2.20. The lowest BCUT2D eigenvalue weighted by molar-refractivity contribution is 0.0664. The molecule has 1 fully saturated rings. The number of hydrogen-bond acceptors (Lipinski definition) is 4. The molecule has 164 valence electrons. The van der Waals surface area contributed by atoms with Crippen molar-refractivity contribution in [2.45, 2.75) is 20.3 Å². The number of aromatic nitrogens is 2. The molecule has 2 heterocycles. The van der Waals surface area contributed by atoms with E-state index in [0.29, 0.717) is 10.6 Å². The second-order valence-corrected chi connectivity index (χ2v) is 8.71. The van der Waals surface area contributed by atoms with E-state index in [1.54, 1.807) is 12.1 Å². The lowest BCUT2D eigenvalue weighted by Crippen LogP contribution is -2.47. The van der Waals surface area contributed by atoms with Crippen LogP contribution >= 0.6 is 11.6 Å². The topological polar surface area (TPSA) is 65.2 Å². The summed E-state index contributed by atoms with van der Waals surface area (Å²) in [5.41, 5.74) is 6.25. The van der Waals surface area contributed by atoms with Gasteiger partial charge in [-0.1, -0.05) is 23.7 Å². The minimum absolute atomic E-state index is 0.0996. The van der Waals surface area contributed by atoms with Gasteiger partial charge in [0.25, 0.3) is 5.91 Å². The predicted molar refractivity (Wildman–Crippen MR) is 125 cm³/mol. The average molecular weight is 448 g/mol. The predicted octanol–water partition coefficient (Wildman–Crippen LogP) is 3.99. The summed E-state index contributed by atoms with van der Waals surface area (Å²) in [5, 5.41) is 14.2. The lowest BCUT2D eigenvalue weighted by Gasteiger charge is -2.32. The number of aryl methyl sites for hydroxylation is 1. The molecule has 0 bridgehead atoms. The van der Waals surface area contributed by atoms with Crippen molar-refractivity contribution in [2.24, 2.45) is 0 Å². The molecule has 0 unspecified atom stereocenters. The van der Waals surface area contributed by atoms with Gasteiger partial charge in [-0.2, -0.15) is 10.4 Å². The van der Waals surface area contributed by atoms with Crippen LogP contribution < -0.4 is 0 Å². The maximum absolute atomic E-state index is 12.8. The van der Waals surface area contributed by atoms with Gasteiger partial charge in [0.1, 0.15) is 6.07 Å². The van der Waals surface area contributed by atoms with E-state index in [1.165, 1.54) is 0 Å². The van der Waals surface area contributed by atoms with E-state index in [0.717, 1.165) is 66.4 Å². The number of halogens is 1. The molecule has 0 atom stereocenters. The van der Waals surface area contributed by atoms with Crippen LogP contribution in [0.2, 0.25) is 5.02 Å². The zero-order valence-corrected chi connectivity index (χ0v) is 19.4. The maximum atomic E-state index is 12.8. The first-order valence-corrected chi connectivity index (χ1v) is 11.1. The Bertz CT molecular complexity index is 1180. The highest BCUT2D eigenvalue weighted by molar-refractivity contribution is 6.31. The Hall–Kier alpha value is -3.14. The molecule has 1 amide bonds.